The predicted octanol–water partition coefficient (Wildman–Crippen LogP) is 1.76. The average molecular weight is 172 g/mol. The first-order chi connectivity index (χ1) is 5.18. The molecule has 60 valence electrons. The van der Waals surface area contributed by atoms with Crippen LogP contribution in [0.25, 0.3) is 0 Å². The Morgan fingerprint density at radius 2 is 2.45 bits per heavy atom. The predicted molar refractivity (Wildman–Crippen MR) is 41.8 cm³/mol. The standard InChI is InChI=1S/C7H8O3S/c1-5-2-3-7(10-5)11-4-6(8)9/h2-3H,4H2,1H3,(H,8,9). The summed E-state index contributed by atoms with van der Waals surface area (Å²) >= 11 is 1.18. The number of carbonyl (C=O) groups is 1. The smallest absolute Gasteiger partial charge is 0.313 e. The van der Waals surface area contributed by atoms with Gasteiger partial charge in [-0.1, -0.05) is 11.8 Å². The van der Waals surface area contributed by atoms with Gasteiger partial charge in [-0.25, -0.2) is 0 Å². The van der Waals surface area contributed by atoms with Gasteiger partial charge < -0.3 is 9.52 Å². The third-order valence-electron chi connectivity index (χ3n) is 1.05. The molecule has 11 heavy (non-hydrogen) atoms. The highest BCUT2D eigenvalue weighted by Crippen LogP contribution is 2.19. The first-order valence-electron chi connectivity index (χ1n) is 3.09. The summed E-state index contributed by atoms with van der Waals surface area (Å²) in [7, 11) is 0. The van der Waals surface area contributed by atoms with Gasteiger partial charge in [-0.05, 0) is 19.1 Å². The van der Waals surface area contributed by atoms with Crippen molar-refractivity contribution in [3.8, 4) is 0 Å². The SMILES string of the molecule is Cc1ccc(SCC(=O)O)o1. The van der Waals surface area contributed by atoms with Crippen LogP contribution < -0.4 is 0 Å². The fourth-order valence-electron chi connectivity index (χ4n) is 0.623. The lowest BCUT2D eigenvalue weighted by Crippen LogP contribution is -1.96. The van der Waals surface area contributed by atoms with Gasteiger partial charge in [0.15, 0.2) is 5.09 Å². The van der Waals surface area contributed by atoms with Crippen molar-refractivity contribution in [3.05, 3.63) is 17.9 Å². The minimum Gasteiger partial charge on any atom is -0.481 e. The van der Waals surface area contributed by atoms with E-state index in [1.54, 1.807) is 6.07 Å². The van der Waals surface area contributed by atoms with Crippen LogP contribution in [0.4, 0.5) is 0 Å². The molecule has 1 N–H and O–H groups in total. The van der Waals surface area contributed by atoms with E-state index in [4.69, 9.17) is 9.52 Å². The highest BCUT2D eigenvalue weighted by Gasteiger charge is 2.02. The third kappa shape index (κ3) is 2.67. The van der Waals surface area contributed by atoms with Gasteiger partial charge in [-0.15, -0.1) is 0 Å². The molecule has 0 saturated heterocycles. The fraction of sp³-hybridized carbons (Fsp3) is 0.286. The van der Waals surface area contributed by atoms with E-state index in [9.17, 15) is 4.79 Å². The minimum absolute atomic E-state index is 0.0486. The summed E-state index contributed by atoms with van der Waals surface area (Å²) in [5.41, 5.74) is 0. The van der Waals surface area contributed by atoms with E-state index in [1.807, 2.05) is 13.0 Å². The number of thioether (sulfide) groups is 1. The molecule has 0 saturated carbocycles. The molecule has 3 nitrogen and oxygen atoms in total. The molecule has 0 atom stereocenters. The molecule has 0 fully saturated rings. The number of hydrogen-bond acceptors (Lipinski definition) is 3. The summed E-state index contributed by atoms with van der Waals surface area (Å²) < 4.78 is 5.13. The van der Waals surface area contributed by atoms with E-state index < -0.39 is 5.97 Å². The normalized spacial score (nSPS) is 9.91. The lowest BCUT2D eigenvalue weighted by atomic mass is 10.5. The van der Waals surface area contributed by atoms with Gasteiger partial charge in [0, 0.05) is 0 Å². The van der Waals surface area contributed by atoms with Crippen molar-refractivity contribution in [2.24, 2.45) is 0 Å². The van der Waals surface area contributed by atoms with Crippen LogP contribution in [0.5, 0.6) is 0 Å². The highest BCUT2D eigenvalue weighted by atomic mass is 32.2. The summed E-state index contributed by atoms with van der Waals surface area (Å²) in [5, 5.41) is 8.98. The number of furan rings is 1. The summed E-state index contributed by atoms with van der Waals surface area (Å²) in [6.45, 7) is 1.82. The first-order valence-corrected chi connectivity index (χ1v) is 4.08. The molecule has 1 heterocycles. The van der Waals surface area contributed by atoms with Crippen molar-refractivity contribution < 1.29 is 14.3 Å². The van der Waals surface area contributed by atoms with Crippen LogP contribution in [0.15, 0.2) is 21.6 Å². The average Bonchev–Trinajstić information content (AvgIpc) is 2.31. The minimum atomic E-state index is -0.830. The van der Waals surface area contributed by atoms with E-state index >= 15 is 0 Å². The summed E-state index contributed by atoms with van der Waals surface area (Å²) in [6, 6.07) is 3.58. The maximum absolute atomic E-state index is 10.1. The number of carboxylic acids is 1. The van der Waals surface area contributed by atoms with E-state index in [0.717, 1.165) is 5.76 Å². The molecule has 4 heteroatoms. The van der Waals surface area contributed by atoms with Crippen LogP contribution in [-0.2, 0) is 4.79 Å². The topological polar surface area (TPSA) is 50.4 Å². The molecular formula is C7H8O3S. The van der Waals surface area contributed by atoms with Gasteiger partial charge >= 0.3 is 5.97 Å². The zero-order valence-corrected chi connectivity index (χ0v) is 6.85. The zero-order chi connectivity index (χ0) is 8.27. The van der Waals surface area contributed by atoms with Gasteiger partial charge in [-0.2, -0.15) is 0 Å². The third-order valence-corrected chi connectivity index (χ3v) is 1.95. The Balaban J connectivity index is 2.45. The quantitative estimate of drug-likeness (QED) is 0.706. The summed E-state index contributed by atoms with van der Waals surface area (Å²) in [6.07, 6.45) is 0. The molecule has 1 rings (SSSR count). The Morgan fingerprint density at radius 3 is 2.91 bits per heavy atom. The highest BCUT2D eigenvalue weighted by molar-refractivity contribution is 7.99. The molecule has 0 spiro atoms. The van der Waals surface area contributed by atoms with Crippen molar-refractivity contribution in [3.63, 3.8) is 0 Å². The molecule has 0 aliphatic carbocycles. The Kier molecular flexibility index (Phi) is 2.59. The molecule has 0 bridgehead atoms. The maximum atomic E-state index is 10.1. The Morgan fingerprint density at radius 1 is 1.73 bits per heavy atom. The van der Waals surface area contributed by atoms with Gasteiger partial charge in [0.2, 0.25) is 0 Å². The molecule has 0 amide bonds. The van der Waals surface area contributed by atoms with Crippen molar-refractivity contribution >= 4 is 17.7 Å². The molecule has 0 aromatic carbocycles. The molecule has 0 radical (unpaired) electrons. The van der Waals surface area contributed by atoms with Crippen molar-refractivity contribution in [2.75, 3.05) is 5.75 Å². The number of carboxylic acid groups (broad SMARTS) is 1. The number of hydrogen-bond donors (Lipinski definition) is 1. The first kappa shape index (κ1) is 8.20. The number of aryl methyl sites for hydroxylation is 1. The summed E-state index contributed by atoms with van der Waals surface area (Å²) in [4.78, 5) is 10.1. The monoisotopic (exact) mass is 172 g/mol. The molecule has 1 aromatic heterocycles. The van der Waals surface area contributed by atoms with Crippen molar-refractivity contribution in [1.82, 2.24) is 0 Å². The second-order valence-corrected chi connectivity index (χ2v) is 3.03. The van der Waals surface area contributed by atoms with Gasteiger partial charge in [0.25, 0.3) is 0 Å². The Hall–Kier alpha value is -0.900. The second kappa shape index (κ2) is 3.48. The largest absolute Gasteiger partial charge is 0.481 e. The molecule has 0 aliphatic heterocycles. The molecule has 0 aliphatic rings. The van der Waals surface area contributed by atoms with Gasteiger partial charge in [-0.3, -0.25) is 4.79 Å². The lowest BCUT2D eigenvalue weighted by molar-refractivity contribution is -0.133. The van der Waals surface area contributed by atoms with E-state index in [0.29, 0.717) is 5.09 Å². The Bertz CT molecular complexity index is 254. The summed E-state index contributed by atoms with van der Waals surface area (Å²) in [5.74, 6) is 0.0226. The van der Waals surface area contributed by atoms with E-state index in [-0.39, 0.29) is 5.75 Å². The van der Waals surface area contributed by atoms with Crippen LogP contribution in [0.2, 0.25) is 0 Å². The van der Waals surface area contributed by atoms with Crippen LogP contribution in [-0.4, -0.2) is 16.8 Å². The van der Waals surface area contributed by atoms with Crippen molar-refractivity contribution in [1.29, 1.82) is 0 Å². The number of rotatable bonds is 3. The zero-order valence-electron chi connectivity index (χ0n) is 6.03. The van der Waals surface area contributed by atoms with Gasteiger partial charge in [0.05, 0.1) is 5.75 Å². The van der Waals surface area contributed by atoms with Crippen LogP contribution >= 0.6 is 11.8 Å². The lowest BCUT2D eigenvalue weighted by Gasteiger charge is -1.90. The van der Waals surface area contributed by atoms with Gasteiger partial charge in [0.1, 0.15) is 5.76 Å². The number of aliphatic carboxylic acids is 1. The Labute approximate surface area is 68.4 Å². The van der Waals surface area contributed by atoms with E-state index in [1.165, 1.54) is 11.8 Å². The van der Waals surface area contributed by atoms with Crippen LogP contribution in [0.1, 0.15) is 5.76 Å². The van der Waals surface area contributed by atoms with Crippen LogP contribution in [0, 0.1) is 6.92 Å². The maximum Gasteiger partial charge on any atom is 0.313 e. The van der Waals surface area contributed by atoms with E-state index in [2.05, 4.69) is 0 Å². The van der Waals surface area contributed by atoms with Crippen molar-refractivity contribution in [2.45, 2.75) is 12.0 Å². The second-order valence-electron chi connectivity index (χ2n) is 2.05. The fourth-order valence-corrected chi connectivity index (χ4v) is 1.24. The molecule has 1 aromatic rings. The molecular weight excluding hydrogens is 164 g/mol. The molecule has 0 unspecified atom stereocenters. The van der Waals surface area contributed by atoms with Crippen LogP contribution in [0.3, 0.4) is 0 Å².